The monoisotopic (exact) mass is 397 g/mol. The standard InChI is InChI=1S/C22H24FN3O3/c1-15(27)25-20-8-4-18(5-9-20)22(29)26-12-10-17(11-13-26)21(28)24-14-16-2-6-19(23)7-3-16/h2-9,17H,10-14H2,1H3,(H,24,28)(H,25,27). The van der Waals surface area contributed by atoms with E-state index in [2.05, 4.69) is 10.6 Å². The van der Waals surface area contributed by atoms with E-state index in [9.17, 15) is 18.8 Å². The van der Waals surface area contributed by atoms with Gasteiger partial charge in [-0.25, -0.2) is 4.39 Å². The molecule has 0 atom stereocenters. The van der Waals surface area contributed by atoms with Gasteiger partial charge < -0.3 is 15.5 Å². The van der Waals surface area contributed by atoms with Gasteiger partial charge in [-0.2, -0.15) is 0 Å². The zero-order valence-electron chi connectivity index (χ0n) is 16.3. The van der Waals surface area contributed by atoms with Crippen molar-refractivity contribution in [2.75, 3.05) is 18.4 Å². The third kappa shape index (κ3) is 5.63. The maximum atomic E-state index is 12.9. The Balaban J connectivity index is 1.47. The Bertz CT molecular complexity index is 873. The van der Waals surface area contributed by atoms with Gasteiger partial charge in [0, 0.05) is 43.7 Å². The van der Waals surface area contributed by atoms with E-state index in [0.29, 0.717) is 43.7 Å². The predicted octanol–water partition coefficient (Wildman–Crippen LogP) is 2.95. The molecular weight excluding hydrogens is 373 g/mol. The second kappa shape index (κ2) is 9.32. The molecule has 1 fully saturated rings. The Morgan fingerprint density at radius 1 is 1.00 bits per heavy atom. The molecule has 7 heteroatoms. The van der Waals surface area contributed by atoms with Crippen molar-refractivity contribution in [1.82, 2.24) is 10.2 Å². The molecule has 3 amide bonds. The smallest absolute Gasteiger partial charge is 0.253 e. The minimum Gasteiger partial charge on any atom is -0.352 e. The number of nitrogens with zero attached hydrogens (tertiary/aromatic N) is 1. The van der Waals surface area contributed by atoms with Crippen LogP contribution in [0.2, 0.25) is 0 Å². The van der Waals surface area contributed by atoms with E-state index < -0.39 is 0 Å². The number of carbonyl (C=O) groups is 3. The lowest BCUT2D eigenvalue weighted by Gasteiger charge is -2.31. The molecule has 152 valence electrons. The van der Waals surface area contributed by atoms with Crippen molar-refractivity contribution in [2.45, 2.75) is 26.3 Å². The van der Waals surface area contributed by atoms with Gasteiger partial charge in [0.1, 0.15) is 5.82 Å². The number of piperidine rings is 1. The molecule has 0 aromatic heterocycles. The molecule has 0 spiro atoms. The quantitative estimate of drug-likeness (QED) is 0.814. The van der Waals surface area contributed by atoms with Crippen LogP contribution in [-0.2, 0) is 16.1 Å². The van der Waals surface area contributed by atoms with Gasteiger partial charge in [-0.05, 0) is 54.8 Å². The molecule has 6 nitrogen and oxygen atoms in total. The van der Waals surface area contributed by atoms with Crippen molar-refractivity contribution in [1.29, 1.82) is 0 Å². The average molecular weight is 397 g/mol. The van der Waals surface area contributed by atoms with Gasteiger partial charge in [-0.1, -0.05) is 12.1 Å². The van der Waals surface area contributed by atoms with Crippen LogP contribution in [0.5, 0.6) is 0 Å². The van der Waals surface area contributed by atoms with Crippen molar-refractivity contribution >= 4 is 23.4 Å². The molecule has 2 aromatic carbocycles. The number of halogens is 1. The van der Waals surface area contributed by atoms with Crippen LogP contribution in [0.25, 0.3) is 0 Å². The van der Waals surface area contributed by atoms with Crippen LogP contribution in [0.3, 0.4) is 0 Å². The number of carbonyl (C=O) groups excluding carboxylic acids is 3. The maximum Gasteiger partial charge on any atom is 0.253 e. The van der Waals surface area contributed by atoms with Gasteiger partial charge in [0.25, 0.3) is 5.91 Å². The highest BCUT2D eigenvalue weighted by Crippen LogP contribution is 2.20. The fourth-order valence-corrected chi connectivity index (χ4v) is 3.36. The van der Waals surface area contributed by atoms with Crippen LogP contribution in [0.4, 0.5) is 10.1 Å². The van der Waals surface area contributed by atoms with E-state index >= 15 is 0 Å². The molecule has 0 radical (unpaired) electrons. The lowest BCUT2D eigenvalue weighted by molar-refractivity contribution is -0.126. The first-order valence-corrected chi connectivity index (χ1v) is 9.61. The minimum absolute atomic E-state index is 0.0407. The molecule has 3 rings (SSSR count). The number of amides is 3. The summed E-state index contributed by atoms with van der Waals surface area (Å²) in [5.74, 6) is -0.724. The van der Waals surface area contributed by atoms with E-state index in [1.54, 1.807) is 41.3 Å². The Morgan fingerprint density at radius 2 is 1.62 bits per heavy atom. The summed E-state index contributed by atoms with van der Waals surface area (Å²) in [6, 6.07) is 12.8. The maximum absolute atomic E-state index is 12.9. The third-order valence-corrected chi connectivity index (χ3v) is 4.99. The Kier molecular flexibility index (Phi) is 6.59. The molecule has 1 saturated heterocycles. The third-order valence-electron chi connectivity index (χ3n) is 4.99. The van der Waals surface area contributed by atoms with Crippen molar-refractivity contribution in [3.05, 3.63) is 65.5 Å². The minimum atomic E-state index is -0.304. The molecule has 0 saturated carbocycles. The summed E-state index contributed by atoms with van der Waals surface area (Å²) in [4.78, 5) is 37.9. The summed E-state index contributed by atoms with van der Waals surface area (Å²) in [5.41, 5.74) is 2.04. The number of rotatable bonds is 5. The SMILES string of the molecule is CC(=O)Nc1ccc(C(=O)N2CCC(C(=O)NCc3ccc(F)cc3)CC2)cc1. The van der Waals surface area contributed by atoms with E-state index in [0.717, 1.165) is 5.56 Å². The molecule has 2 aromatic rings. The highest BCUT2D eigenvalue weighted by Gasteiger charge is 2.27. The number of benzene rings is 2. The van der Waals surface area contributed by atoms with E-state index in [-0.39, 0.29) is 29.5 Å². The largest absolute Gasteiger partial charge is 0.352 e. The van der Waals surface area contributed by atoms with E-state index in [1.807, 2.05) is 0 Å². The first kappa shape index (κ1) is 20.5. The fourth-order valence-electron chi connectivity index (χ4n) is 3.36. The summed E-state index contributed by atoms with van der Waals surface area (Å²) in [7, 11) is 0. The lowest BCUT2D eigenvalue weighted by atomic mass is 9.95. The summed E-state index contributed by atoms with van der Waals surface area (Å²) in [6.07, 6.45) is 1.20. The molecule has 29 heavy (non-hydrogen) atoms. The first-order valence-electron chi connectivity index (χ1n) is 9.61. The molecule has 1 aliphatic heterocycles. The number of hydrogen-bond acceptors (Lipinski definition) is 3. The molecule has 2 N–H and O–H groups in total. The Labute approximate surface area is 169 Å². The predicted molar refractivity (Wildman–Crippen MR) is 108 cm³/mol. The van der Waals surface area contributed by atoms with Gasteiger partial charge in [-0.15, -0.1) is 0 Å². The van der Waals surface area contributed by atoms with E-state index in [1.165, 1.54) is 19.1 Å². The van der Waals surface area contributed by atoms with Crippen LogP contribution in [-0.4, -0.2) is 35.7 Å². The number of anilines is 1. The zero-order valence-corrected chi connectivity index (χ0v) is 16.3. The molecule has 0 aliphatic carbocycles. The second-order valence-corrected chi connectivity index (χ2v) is 7.17. The topological polar surface area (TPSA) is 78.5 Å². The molecule has 1 heterocycles. The molecule has 0 bridgehead atoms. The van der Waals surface area contributed by atoms with Crippen LogP contribution < -0.4 is 10.6 Å². The van der Waals surface area contributed by atoms with Gasteiger partial charge in [0.15, 0.2) is 0 Å². The average Bonchev–Trinajstić information content (AvgIpc) is 2.73. The van der Waals surface area contributed by atoms with Gasteiger partial charge in [-0.3, -0.25) is 14.4 Å². The fraction of sp³-hybridized carbons (Fsp3) is 0.318. The van der Waals surface area contributed by atoms with Crippen LogP contribution >= 0.6 is 0 Å². The zero-order chi connectivity index (χ0) is 20.8. The van der Waals surface area contributed by atoms with Crippen LogP contribution in [0.15, 0.2) is 48.5 Å². The normalized spacial score (nSPS) is 14.3. The summed E-state index contributed by atoms with van der Waals surface area (Å²) < 4.78 is 12.9. The number of hydrogen-bond donors (Lipinski definition) is 2. The molecule has 1 aliphatic rings. The van der Waals surface area contributed by atoms with Crippen LogP contribution in [0, 0.1) is 11.7 Å². The van der Waals surface area contributed by atoms with Crippen molar-refractivity contribution < 1.29 is 18.8 Å². The van der Waals surface area contributed by atoms with Gasteiger partial charge in [0.05, 0.1) is 0 Å². The summed E-state index contributed by atoms with van der Waals surface area (Å²) in [5, 5.41) is 5.55. The van der Waals surface area contributed by atoms with Crippen molar-refractivity contribution in [3.8, 4) is 0 Å². The molecular formula is C22H24FN3O3. The lowest BCUT2D eigenvalue weighted by Crippen LogP contribution is -2.42. The van der Waals surface area contributed by atoms with Crippen molar-refractivity contribution in [3.63, 3.8) is 0 Å². The Morgan fingerprint density at radius 3 is 2.21 bits per heavy atom. The molecule has 0 unspecified atom stereocenters. The highest BCUT2D eigenvalue weighted by molar-refractivity contribution is 5.95. The van der Waals surface area contributed by atoms with Gasteiger partial charge >= 0.3 is 0 Å². The van der Waals surface area contributed by atoms with Gasteiger partial charge in [0.2, 0.25) is 11.8 Å². The first-order chi connectivity index (χ1) is 13.9. The number of likely N-dealkylation sites (tertiary alicyclic amines) is 1. The van der Waals surface area contributed by atoms with Crippen molar-refractivity contribution in [2.24, 2.45) is 5.92 Å². The van der Waals surface area contributed by atoms with E-state index in [4.69, 9.17) is 0 Å². The number of nitrogens with one attached hydrogen (secondary N) is 2. The van der Waals surface area contributed by atoms with Crippen LogP contribution in [0.1, 0.15) is 35.7 Å². The Hall–Kier alpha value is -3.22. The highest BCUT2D eigenvalue weighted by atomic mass is 19.1. The summed E-state index contributed by atoms with van der Waals surface area (Å²) in [6.45, 7) is 2.82. The summed E-state index contributed by atoms with van der Waals surface area (Å²) >= 11 is 0. The second-order valence-electron chi connectivity index (χ2n) is 7.17.